The van der Waals surface area contributed by atoms with Crippen LogP contribution in [0.4, 0.5) is 0 Å². The van der Waals surface area contributed by atoms with Crippen molar-refractivity contribution in [3.8, 4) is 0 Å². The second-order valence-electron chi connectivity index (χ2n) is 4.58. The van der Waals surface area contributed by atoms with Gasteiger partial charge in [-0.2, -0.15) is 11.8 Å². The second-order valence-corrected chi connectivity index (χ2v) is 6.00. The summed E-state index contributed by atoms with van der Waals surface area (Å²) in [7, 11) is 0. The molecule has 0 saturated carbocycles. The van der Waals surface area contributed by atoms with Crippen LogP contribution in [0.1, 0.15) is 40.6 Å². The van der Waals surface area contributed by atoms with Crippen LogP contribution in [0.15, 0.2) is 6.07 Å². The Hall–Kier alpha value is -0.410. The Morgan fingerprint density at radius 3 is 2.94 bits per heavy atom. The van der Waals surface area contributed by atoms with E-state index in [9.17, 15) is 4.79 Å². The topological polar surface area (TPSA) is 22.0 Å². The number of carbonyl (C=O) groups is 1. The van der Waals surface area contributed by atoms with E-state index >= 15 is 0 Å². The number of halogens is 1. The predicted octanol–water partition coefficient (Wildman–Crippen LogP) is 3.59. The Kier molecular flexibility index (Phi) is 4.21. The van der Waals surface area contributed by atoms with E-state index in [4.69, 9.17) is 11.6 Å². The van der Waals surface area contributed by atoms with Crippen molar-refractivity contribution in [1.29, 1.82) is 0 Å². The van der Waals surface area contributed by atoms with Gasteiger partial charge in [-0.3, -0.25) is 4.79 Å². The third kappa shape index (κ3) is 2.55. The van der Waals surface area contributed by atoms with Gasteiger partial charge in [-0.1, -0.05) is 0 Å². The van der Waals surface area contributed by atoms with Gasteiger partial charge in [0, 0.05) is 28.7 Å². The van der Waals surface area contributed by atoms with Gasteiger partial charge in [-0.15, -0.1) is 11.6 Å². The molecule has 0 aromatic carbocycles. The normalized spacial score (nSPS) is 20.5. The van der Waals surface area contributed by atoms with Gasteiger partial charge in [-0.05, 0) is 38.5 Å². The first kappa shape index (κ1) is 13.0. The lowest BCUT2D eigenvalue weighted by Crippen LogP contribution is -2.18. The number of rotatable bonds is 3. The van der Waals surface area contributed by atoms with E-state index in [-0.39, 0.29) is 11.7 Å². The quantitative estimate of drug-likeness (QED) is 0.619. The minimum atomic E-state index is 0.0366. The van der Waals surface area contributed by atoms with E-state index in [0.29, 0.717) is 6.04 Å². The summed E-state index contributed by atoms with van der Waals surface area (Å²) in [4.78, 5) is 11.7. The van der Waals surface area contributed by atoms with Gasteiger partial charge in [-0.25, -0.2) is 0 Å². The molecule has 1 saturated heterocycles. The van der Waals surface area contributed by atoms with E-state index in [1.807, 2.05) is 24.8 Å². The Morgan fingerprint density at radius 2 is 2.35 bits per heavy atom. The van der Waals surface area contributed by atoms with E-state index in [1.54, 1.807) is 0 Å². The molecule has 1 aliphatic heterocycles. The molecule has 2 heterocycles. The third-order valence-corrected chi connectivity index (χ3v) is 4.85. The standard InChI is InChI=1S/C13H18ClNOS/c1-9-6-12(13(16)7-14)10(2)15(9)11-4-3-5-17-8-11/h6,11H,3-5,7-8H2,1-2H3. The molecule has 1 atom stereocenters. The fourth-order valence-corrected chi connectivity index (χ4v) is 3.89. The molecule has 4 heteroatoms. The molecule has 1 unspecified atom stereocenters. The maximum absolute atomic E-state index is 11.7. The number of alkyl halides is 1. The average molecular weight is 272 g/mol. The number of nitrogens with zero attached hydrogens (tertiary/aromatic N) is 1. The molecule has 0 N–H and O–H groups in total. The number of Topliss-reactive ketones (excluding diaryl/α,β-unsaturated/α-hetero) is 1. The van der Waals surface area contributed by atoms with Gasteiger partial charge >= 0.3 is 0 Å². The first-order chi connectivity index (χ1) is 8.15. The monoisotopic (exact) mass is 271 g/mol. The smallest absolute Gasteiger partial charge is 0.179 e. The van der Waals surface area contributed by atoms with Crippen LogP contribution < -0.4 is 0 Å². The zero-order valence-electron chi connectivity index (χ0n) is 10.3. The number of aryl methyl sites for hydroxylation is 1. The Bertz CT molecular complexity index is 421. The lowest BCUT2D eigenvalue weighted by Gasteiger charge is -2.26. The van der Waals surface area contributed by atoms with E-state index in [0.717, 1.165) is 17.0 Å². The molecule has 0 radical (unpaired) electrons. The number of hydrogen-bond acceptors (Lipinski definition) is 2. The fourth-order valence-electron chi connectivity index (χ4n) is 2.62. The summed E-state index contributed by atoms with van der Waals surface area (Å²) in [5.74, 6) is 2.53. The van der Waals surface area contributed by atoms with Crippen molar-refractivity contribution in [1.82, 2.24) is 4.57 Å². The van der Waals surface area contributed by atoms with Gasteiger partial charge in [0.15, 0.2) is 5.78 Å². The molecule has 1 aromatic heterocycles. The zero-order chi connectivity index (χ0) is 12.4. The second kappa shape index (κ2) is 5.49. The van der Waals surface area contributed by atoms with E-state index in [2.05, 4.69) is 11.5 Å². The average Bonchev–Trinajstić information content (AvgIpc) is 2.65. The van der Waals surface area contributed by atoms with Crippen LogP contribution in [0.3, 0.4) is 0 Å². The maximum atomic E-state index is 11.7. The Labute approximate surface area is 112 Å². The highest BCUT2D eigenvalue weighted by atomic mass is 35.5. The molecule has 2 nitrogen and oxygen atoms in total. The van der Waals surface area contributed by atoms with Crippen LogP contribution in [-0.2, 0) is 0 Å². The molecule has 1 aliphatic rings. The fraction of sp³-hybridized carbons (Fsp3) is 0.615. The van der Waals surface area contributed by atoms with Crippen LogP contribution in [0.5, 0.6) is 0 Å². The van der Waals surface area contributed by atoms with Crippen molar-refractivity contribution in [3.05, 3.63) is 23.0 Å². The Balaban J connectivity index is 2.33. The molecule has 17 heavy (non-hydrogen) atoms. The molecule has 94 valence electrons. The molecular weight excluding hydrogens is 254 g/mol. The highest BCUT2D eigenvalue weighted by Gasteiger charge is 2.22. The summed E-state index contributed by atoms with van der Waals surface area (Å²) >= 11 is 7.65. The highest BCUT2D eigenvalue weighted by molar-refractivity contribution is 7.99. The zero-order valence-corrected chi connectivity index (χ0v) is 11.9. The molecule has 0 spiro atoms. The van der Waals surface area contributed by atoms with Crippen molar-refractivity contribution in [2.75, 3.05) is 17.4 Å². The molecule has 1 fully saturated rings. The van der Waals surface area contributed by atoms with Gasteiger partial charge in [0.25, 0.3) is 0 Å². The van der Waals surface area contributed by atoms with E-state index in [1.165, 1.54) is 24.3 Å². The summed E-state index contributed by atoms with van der Waals surface area (Å²) in [5, 5.41) is 0. The lowest BCUT2D eigenvalue weighted by atomic mass is 10.1. The van der Waals surface area contributed by atoms with E-state index < -0.39 is 0 Å². The third-order valence-electron chi connectivity index (χ3n) is 3.41. The van der Waals surface area contributed by atoms with Crippen molar-refractivity contribution in [2.24, 2.45) is 0 Å². The minimum absolute atomic E-state index is 0.0366. The molecular formula is C13H18ClNOS. The maximum Gasteiger partial charge on any atom is 0.179 e. The predicted molar refractivity (Wildman–Crippen MR) is 74.6 cm³/mol. The number of thioether (sulfide) groups is 1. The SMILES string of the molecule is Cc1cc(C(=O)CCl)c(C)n1C1CCCSC1. The van der Waals surface area contributed by atoms with Gasteiger partial charge in [0.2, 0.25) is 0 Å². The number of aromatic nitrogens is 1. The van der Waals surface area contributed by atoms with Crippen LogP contribution in [0.2, 0.25) is 0 Å². The molecule has 0 amide bonds. The van der Waals surface area contributed by atoms with Crippen molar-refractivity contribution in [3.63, 3.8) is 0 Å². The summed E-state index contributed by atoms with van der Waals surface area (Å²) in [5.41, 5.74) is 3.07. The first-order valence-corrected chi connectivity index (χ1v) is 7.69. The minimum Gasteiger partial charge on any atom is -0.345 e. The molecule has 0 bridgehead atoms. The van der Waals surface area contributed by atoms with Crippen LogP contribution >= 0.6 is 23.4 Å². The van der Waals surface area contributed by atoms with Crippen molar-refractivity contribution in [2.45, 2.75) is 32.7 Å². The molecule has 2 rings (SSSR count). The lowest BCUT2D eigenvalue weighted by molar-refractivity contribution is 0.102. The number of ketones is 1. The van der Waals surface area contributed by atoms with Gasteiger partial charge in [0.05, 0.1) is 5.88 Å². The summed E-state index contributed by atoms with van der Waals surface area (Å²) < 4.78 is 2.33. The van der Waals surface area contributed by atoms with Crippen LogP contribution in [-0.4, -0.2) is 27.7 Å². The Morgan fingerprint density at radius 1 is 1.59 bits per heavy atom. The highest BCUT2D eigenvalue weighted by Crippen LogP contribution is 2.31. The molecule has 1 aromatic rings. The van der Waals surface area contributed by atoms with Gasteiger partial charge in [0.1, 0.15) is 0 Å². The van der Waals surface area contributed by atoms with Crippen molar-refractivity contribution < 1.29 is 4.79 Å². The van der Waals surface area contributed by atoms with Crippen LogP contribution in [0.25, 0.3) is 0 Å². The first-order valence-electron chi connectivity index (χ1n) is 6.00. The van der Waals surface area contributed by atoms with Crippen LogP contribution in [0, 0.1) is 13.8 Å². The van der Waals surface area contributed by atoms with Gasteiger partial charge < -0.3 is 4.57 Å². The summed E-state index contributed by atoms with van der Waals surface area (Å²) in [6.07, 6.45) is 2.49. The molecule has 0 aliphatic carbocycles. The number of hydrogen-bond donors (Lipinski definition) is 0. The van der Waals surface area contributed by atoms with Crippen molar-refractivity contribution >= 4 is 29.1 Å². The number of carbonyl (C=O) groups excluding carboxylic acids is 1. The summed E-state index contributed by atoms with van der Waals surface area (Å²) in [6, 6.07) is 2.53. The largest absolute Gasteiger partial charge is 0.345 e. The summed E-state index contributed by atoms with van der Waals surface area (Å²) in [6.45, 7) is 4.11.